The van der Waals surface area contributed by atoms with E-state index in [-0.39, 0.29) is 16.0 Å². The molecule has 0 saturated carbocycles. The smallest absolute Gasteiger partial charge is 0.338 e. The second-order valence-electron chi connectivity index (χ2n) is 5.38. The monoisotopic (exact) mass is 410 g/mol. The first-order valence-electron chi connectivity index (χ1n) is 7.49. The lowest BCUT2D eigenvalue weighted by atomic mass is 10.2. The molecule has 0 saturated heterocycles. The van der Waals surface area contributed by atoms with Crippen molar-refractivity contribution in [3.63, 3.8) is 0 Å². The van der Waals surface area contributed by atoms with Crippen molar-refractivity contribution in [1.29, 1.82) is 0 Å². The molecule has 27 heavy (non-hydrogen) atoms. The van der Waals surface area contributed by atoms with Crippen LogP contribution in [0.2, 0.25) is 5.02 Å². The highest BCUT2D eigenvalue weighted by atomic mass is 35.5. The molecule has 0 aromatic heterocycles. The van der Waals surface area contributed by atoms with Gasteiger partial charge in [-0.1, -0.05) is 11.6 Å². The summed E-state index contributed by atoms with van der Waals surface area (Å²) in [6.45, 7) is -0.631. The van der Waals surface area contributed by atoms with Gasteiger partial charge in [0.15, 0.2) is 16.4 Å². The standard InChI is InChI=1S/C17H15ClN2O6S/c1-27(24,25)14-8-4-12(5-9-14)17(23)26-10-15(21)19-20-16(22)11-2-6-13(18)7-3-11/h2-9H,10H2,1H3,(H,19,21)(H,20,22). The van der Waals surface area contributed by atoms with Crippen LogP contribution in [-0.4, -0.2) is 39.1 Å². The number of ether oxygens (including phenoxy) is 1. The highest BCUT2D eigenvalue weighted by Crippen LogP contribution is 2.11. The van der Waals surface area contributed by atoms with Gasteiger partial charge in [0.1, 0.15) is 0 Å². The molecule has 2 rings (SSSR count). The van der Waals surface area contributed by atoms with E-state index in [0.717, 1.165) is 6.26 Å². The lowest BCUT2D eigenvalue weighted by molar-refractivity contribution is -0.125. The third-order valence-electron chi connectivity index (χ3n) is 3.27. The summed E-state index contributed by atoms with van der Waals surface area (Å²) in [4.78, 5) is 35.4. The summed E-state index contributed by atoms with van der Waals surface area (Å²) in [7, 11) is -3.38. The predicted octanol–water partition coefficient (Wildman–Crippen LogP) is 1.36. The van der Waals surface area contributed by atoms with Gasteiger partial charge in [-0.15, -0.1) is 0 Å². The summed E-state index contributed by atoms with van der Waals surface area (Å²) < 4.78 is 27.5. The van der Waals surface area contributed by atoms with Crippen molar-refractivity contribution in [2.24, 2.45) is 0 Å². The number of sulfone groups is 1. The minimum absolute atomic E-state index is 0.0571. The van der Waals surface area contributed by atoms with Crippen LogP contribution < -0.4 is 10.9 Å². The number of nitrogens with one attached hydrogen (secondary N) is 2. The maximum atomic E-state index is 11.9. The largest absolute Gasteiger partial charge is 0.452 e. The fraction of sp³-hybridized carbons (Fsp3) is 0.118. The topological polar surface area (TPSA) is 119 Å². The number of hydrogen-bond acceptors (Lipinski definition) is 6. The number of hydrazine groups is 1. The molecule has 0 aliphatic rings. The Morgan fingerprint density at radius 1 is 0.926 bits per heavy atom. The zero-order valence-corrected chi connectivity index (χ0v) is 15.6. The van der Waals surface area contributed by atoms with Gasteiger partial charge < -0.3 is 4.74 Å². The number of carbonyl (C=O) groups is 3. The van der Waals surface area contributed by atoms with Crippen molar-refractivity contribution in [3.05, 3.63) is 64.7 Å². The van der Waals surface area contributed by atoms with E-state index in [2.05, 4.69) is 10.9 Å². The van der Waals surface area contributed by atoms with Crippen molar-refractivity contribution in [2.45, 2.75) is 4.90 Å². The van der Waals surface area contributed by atoms with E-state index >= 15 is 0 Å². The second-order valence-corrected chi connectivity index (χ2v) is 7.83. The quantitative estimate of drug-likeness (QED) is 0.567. The SMILES string of the molecule is CS(=O)(=O)c1ccc(C(=O)OCC(=O)NNC(=O)c2ccc(Cl)cc2)cc1. The number of benzene rings is 2. The molecular weight excluding hydrogens is 396 g/mol. The summed E-state index contributed by atoms with van der Waals surface area (Å²) in [5, 5.41) is 0.465. The Morgan fingerprint density at radius 2 is 1.48 bits per heavy atom. The van der Waals surface area contributed by atoms with E-state index in [0.29, 0.717) is 5.02 Å². The Balaban J connectivity index is 1.81. The molecular formula is C17H15ClN2O6S. The van der Waals surface area contributed by atoms with E-state index in [1.54, 1.807) is 0 Å². The Labute approximate surface area is 160 Å². The van der Waals surface area contributed by atoms with Gasteiger partial charge in [0.25, 0.3) is 11.8 Å². The summed E-state index contributed by atoms with van der Waals surface area (Å²) in [5.74, 6) is -2.13. The Bertz CT molecular complexity index is 956. The number of hydrogen-bond donors (Lipinski definition) is 2. The van der Waals surface area contributed by atoms with Gasteiger partial charge in [0.2, 0.25) is 0 Å². The van der Waals surface area contributed by atoms with E-state index in [1.165, 1.54) is 48.5 Å². The molecule has 2 N–H and O–H groups in total. The molecule has 0 fully saturated rings. The molecule has 142 valence electrons. The third-order valence-corrected chi connectivity index (χ3v) is 4.65. The van der Waals surface area contributed by atoms with Gasteiger partial charge in [-0.05, 0) is 48.5 Å². The van der Waals surface area contributed by atoms with Crippen LogP contribution in [0.15, 0.2) is 53.4 Å². The van der Waals surface area contributed by atoms with Crippen molar-refractivity contribution < 1.29 is 27.5 Å². The Kier molecular flexibility index (Phi) is 6.54. The van der Waals surface area contributed by atoms with Crippen LogP contribution in [0, 0.1) is 0 Å². The van der Waals surface area contributed by atoms with Crippen LogP contribution in [0.4, 0.5) is 0 Å². The Morgan fingerprint density at radius 3 is 2.04 bits per heavy atom. The summed E-state index contributed by atoms with van der Waals surface area (Å²) in [6.07, 6.45) is 1.04. The maximum Gasteiger partial charge on any atom is 0.338 e. The minimum Gasteiger partial charge on any atom is -0.452 e. The molecule has 0 radical (unpaired) electrons. The number of rotatable bonds is 5. The lowest BCUT2D eigenvalue weighted by Gasteiger charge is -2.08. The molecule has 2 aromatic carbocycles. The first-order valence-corrected chi connectivity index (χ1v) is 9.76. The molecule has 10 heteroatoms. The molecule has 2 aromatic rings. The first kappa shape index (κ1) is 20.4. The summed E-state index contributed by atoms with van der Waals surface area (Å²) in [6, 6.07) is 11.1. The van der Waals surface area contributed by atoms with Crippen LogP contribution in [-0.2, 0) is 19.4 Å². The van der Waals surface area contributed by atoms with Gasteiger partial charge in [-0.25, -0.2) is 13.2 Å². The summed E-state index contributed by atoms with van der Waals surface area (Å²) in [5.41, 5.74) is 4.63. The fourth-order valence-corrected chi connectivity index (χ4v) is 2.65. The van der Waals surface area contributed by atoms with E-state index in [4.69, 9.17) is 16.3 Å². The number of carbonyl (C=O) groups excluding carboxylic acids is 3. The number of halogens is 1. The van der Waals surface area contributed by atoms with E-state index in [9.17, 15) is 22.8 Å². The van der Waals surface area contributed by atoms with Gasteiger partial charge >= 0.3 is 5.97 Å². The van der Waals surface area contributed by atoms with Crippen molar-refractivity contribution in [3.8, 4) is 0 Å². The third kappa shape index (κ3) is 6.08. The zero-order valence-electron chi connectivity index (χ0n) is 14.1. The molecule has 0 heterocycles. The maximum absolute atomic E-state index is 11.9. The van der Waals surface area contributed by atoms with Crippen molar-refractivity contribution in [2.75, 3.05) is 12.9 Å². The summed E-state index contributed by atoms with van der Waals surface area (Å²) >= 11 is 5.72. The first-order chi connectivity index (χ1) is 12.7. The normalized spacial score (nSPS) is 10.7. The molecule has 0 bridgehead atoms. The molecule has 0 aliphatic heterocycles. The molecule has 0 spiro atoms. The van der Waals surface area contributed by atoms with Crippen molar-refractivity contribution in [1.82, 2.24) is 10.9 Å². The van der Waals surface area contributed by atoms with Gasteiger partial charge in [0.05, 0.1) is 10.5 Å². The van der Waals surface area contributed by atoms with Crippen LogP contribution in [0.5, 0.6) is 0 Å². The van der Waals surface area contributed by atoms with Crippen LogP contribution >= 0.6 is 11.6 Å². The number of amides is 2. The van der Waals surface area contributed by atoms with Crippen LogP contribution in [0.3, 0.4) is 0 Å². The zero-order chi connectivity index (χ0) is 20.0. The number of esters is 1. The lowest BCUT2D eigenvalue weighted by Crippen LogP contribution is -2.43. The van der Waals surface area contributed by atoms with Crippen LogP contribution in [0.1, 0.15) is 20.7 Å². The second kappa shape index (κ2) is 8.65. The van der Waals surface area contributed by atoms with Gasteiger partial charge in [0, 0.05) is 16.8 Å². The fourth-order valence-electron chi connectivity index (χ4n) is 1.89. The van der Waals surface area contributed by atoms with Gasteiger partial charge in [-0.3, -0.25) is 20.4 Å². The molecule has 0 atom stereocenters. The van der Waals surface area contributed by atoms with E-state index < -0.39 is 34.2 Å². The predicted molar refractivity (Wildman–Crippen MR) is 96.9 cm³/mol. The highest BCUT2D eigenvalue weighted by molar-refractivity contribution is 7.90. The molecule has 8 nitrogen and oxygen atoms in total. The average Bonchev–Trinajstić information content (AvgIpc) is 2.64. The van der Waals surface area contributed by atoms with Crippen LogP contribution in [0.25, 0.3) is 0 Å². The highest BCUT2D eigenvalue weighted by Gasteiger charge is 2.13. The Hall–Kier alpha value is -2.91. The van der Waals surface area contributed by atoms with Gasteiger partial charge in [-0.2, -0.15) is 0 Å². The minimum atomic E-state index is -3.38. The molecule has 0 aliphatic carbocycles. The van der Waals surface area contributed by atoms with E-state index in [1.807, 2.05) is 0 Å². The molecule has 2 amide bonds. The van der Waals surface area contributed by atoms with Crippen molar-refractivity contribution >= 4 is 39.2 Å². The molecule has 0 unspecified atom stereocenters. The average molecular weight is 411 g/mol.